The molecule has 1 aromatic carbocycles. The zero-order valence-corrected chi connectivity index (χ0v) is 10.3. The molecule has 0 saturated carbocycles. The van der Waals surface area contributed by atoms with Gasteiger partial charge in [0.05, 0.1) is 7.11 Å². The summed E-state index contributed by atoms with van der Waals surface area (Å²) >= 11 is 0. The molecular formula is C14H21NO. The number of hydrogen-bond acceptors (Lipinski definition) is 2. The highest BCUT2D eigenvalue weighted by atomic mass is 16.5. The zero-order chi connectivity index (χ0) is 11.4. The molecule has 2 rings (SSSR count). The van der Waals surface area contributed by atoms with Crippen molar-refractivity contribution in [3.05, 3.63) is 28.8 Å². The maximum absolute atomic E-state index is 5.48. The molecule has 0 fully saturated rings. The van der Waals surface area contributed by atoms with Gasteiger partial charge in [0.15, 0.2) is 0 Å². The van der Waals surface area contributed by atoms with Crippen molar-refractivity contribution in [3.63, 3.8) is 0 Å². The van der Waals surface area contributed by atoms with Gasteiger partial charge in [0.2, 0.25) is 0 Å². The Bertz CT molecular complexity index is 360. The number of aryl methyl sites for hydroxylation is 1. The Hall–Kier alpha value is -1.02. The maximum atomic E-state index is 5.48. The van der Waals surface area contributed by atoms with E-state index in [0.717, 1.165) is 18.7 Å². The Morgan fingerprint density at radius 2 is 2.06 bits per heavy atom. The molecule has 1 aromatic rings. The smallest absolute Gasteiger partial charge is 0.122 e. The Balaban J connectivity index is 2.35. The first-order chi connectivity index (χ1) is 7.86. The van der Waals surface area contributed by atoms with Crippen molar-refractivity contribution in [2.45, 2.75) is 32.1 Å². The summed E-state index contributed by atoms with van der Waals surface area (Å²) < 4.78 is 5.48. The first-order valence-electron chi connectivity index (χ1n) is 6.19. The lowest BCUT2D eigenvalue weighted by Crippen LogP contribution is -2.14. The van der Waals surface area contributed by atoms with Gasteiger partial charge in [-0.1, -0.05) is 6.07 Å². The molecule has 0 atom stereocenters. The number of fused-ring (bicyclic) bond motifs is 1. The van der Waals surface area contributed by atoms with Crippen molar-refractivity contribution >= 4 is 0 Å². The van der Waals surface area contributed by atoms with Gasteiger partial charge in [-0.3, -0.25) is 0 Å². The van der Waals surface area contributed by atoms with Crippen LogP contribution < -0.4 is 10.1 Å². The molecule has 0 radical (unpaired) electrons. The van der Waals surface area contributed by atoms with E-state index in [1.165, 1.54) is 36.8 Å². The molecule has 2 nitrogen and oxygen atoms in total. The molecule has 0 bridgehead atoms. The van der Waals surface area contributed by atoms with Crippen LogP contribution in [0.15, 0.2) is 12.1 Å². The molecule has 1 N–H and O–H groups in total. The molecule has 0 heterocycles. The Morgan fingerprint density at radius 3 is 2.81 bits per heavy atom. The van der Waals surface area contributed by atoms with Gasteiger partial charge in [0.1, 0.15) is 5.75 Å². The lowest BCUT2D eigenvalue weighted by molar-refractivity contribution is 0.407. The second-order valence-corrected chi connectivity index (χ2v) is 4.44. The SMILES string of the molecule is CNCCc1c(OC)ccc2c1CCCC2. The number of nitrogens with one attached hydrogen (secondary N) is 1. The fraction of sp³-hybridized carbons (Fsp3) is 0.571. The molecule has 1 aliphatic carbocycles. The number of benzene rings is 1. The van der Waals surface area contributed by atoms with E-state index in [0.29, 0.717) is 0 Å². The summed E-state index contributed by atoms with van der Waals surface area (Å²) in [6.45, 7) is 1.02. The lowest BCUT2D eigenvalue weighted by Gasteiger charge is -2.21. The second kappa shape index (κ2) is 5.35. The fourth-order valence-corrected chi connectivity index (χ4v) is 2.60. The minimum Gasteiger partial charge on any atom is -0.496 e. The molecule has 0 aromatic heterocycles. The largest absolute Gasteiger partial charge is 0.496 e. The van der Waals surface area contributed by atoms with E-state index in [2.05, 4.69) is 17.4 Å². The third kappa shape index (κ3) is 2.22. The van der Waals surface area contributed by atoms with Crippen LogP contribution in [0.2, 0.25) is 0 Å². The molecule has 2 heteroatoms. The highest BCUT2D eigenvalue weighted by Gasteiger charge is 2.16. The van der Waals surface area contributed by atoms with Crippen LogP contribution in [0.5, 0.6) is 5.75 Å². The predicted octanol–water partition coefficient (Wildman–Crippen LogP) is 2.34. The van der Waals surface area contributed by atoms with Gasteiger partial charge in [0, 0.05) is 0 Å². The van der Waals surface area contributed by atoms with Crippen molar-refractivity contribution < 1.29 is 4.74 Å². The van der Waals surface area contributed by atoms with Crippen molar-refractivity contribution in [1.82, 2.24) is 5.32 Å². The number of ether oxygens (including phenoxy) is 1. The highest BCUT2D eigenvalue weighted by molar-refractivity contribution is 5.46. The van der Waals surface area contributed by atoms with Crippen molar-refractivity contribution in [2.75, 3.05) is 20.7 Å². The molecule has 88 valence electrons. The molecule has 1 aliphatic rings. The third-order valence-electron chi connectivity index (χ3n) is 3.45. The van der Waals surface area contributed by atoms with E-state index in [4.69, 9.17) is 4.74 Å². The van der Waals surface area contributed by atoms with E-state index in [-0.39, 0.29) is 0 Å². The number of hydrogen-bond donors (Lipinski definition) is 1. The van der Waals surface area contributed by atoms with Gasteiger partial charge in [-0.05, 0) is 68.5 Å². The van der Waals surface area contributed by atoms with E-state index in [1.807, 2.05) is 7.05 Å². The van der Waals surface area contributed by atoms with Crippen LogP contribution in [0.4, 0.5) is 0 Å². The standard InChI is InChI=1S/C14H21NO/c1-15-10-9-13-12-6-4-3-5-11(12)7-8-14(13)16-2/h7-8,15H,3-6,9-10H2,1-2H3. The molecule has 0 unspecified atom stereocenters. The van der Waals surface area contributed by atoms with Crippen LogP contribution >= 0.6 is 0 Å². The summed E-state index contributed by atoms with van der Waals surface area (Å²) in [4.78, 5) is 0. The Labute approximate surface area is 98.0 Å². The average Bonchev–Trinajstić information content (AvgIpc) is 2.35. The van der Waals surface area contributed by atoms with Crippen LogP contribution in [0, 0.1) is 0 Å². The summed E-state index contributed by atoms with van der Waals surface area (Å²) in [5, 5.41) is 3.22. The molecular weight excluding hydrogens is 198 g/mol. The van der Waals surface area contributed by atoms with Crippen LogP contribution in [0.3, 0.4) is 0 Å². The van der Waals surface area contributed by atoms with Gasteiger partial charge >= 0.3 is 0 Å². The zero-order valence-electron chi connectivity index (χ0n) is 10.3. The topological polar surface area (TPSA) is 21.3 Å². The van der Waals surface area contributed by atoms with Gasteiger partial charge in [-0.25, -0.2) is 0 Å². The fourth-order valence-electron chi connectivity index (χ4n) is 2.60. The number of rotatable bonds is 4. The number of methoxy groups -OCH3 is 1. The molecule has 0 amide bonds. The summed E-state index contributed by atoms with van der Waals surface area (Å²) in [6.07, 6.45) is 6.21. The second-order valence-electron chi connectivity index (χ2n) is 4.44. The van der Waals surface area contributed by atoms with Crippen LogP contribution in [0.1, 0.15) is 29.5 Å². The summed E-state index contributed by atoms with van der Waals surface area (Å²) in [6, 6.07) is 4.38. The van der Waals surface area contributed by atoms with Crippen LogP contribution in [-0.4, -0.2) is 20.7 Å². The molecule has 0 saturated heterocycles. The minimum absolute atomic E-state index is 1.02. The van der Waals surface area contributed by atoms with Crippen LogP contribution in [-0.2, 0) is 19.3 Å². The van der Waals surface area contributed by atoms with E-state index < -0.39 is 0 Å². The van der Waals surface area contributed by atoms with Crippen molar-refractivity contribution in [1.29, 1.82) is 0 Å². The summed E-state index contributed by atoms with van der Waals surface area (Å²) in [5.41, 5.74) is 4.52. The first kappa shape index (κ1) is 11.5. The van der Waals surface area contributed by atoms with Gasteiger partial charge in [0.25, 0.3) is 0 Å². The normalized spacial score (nSPS) is 14.6. The van der Waals surface area contributed by atoms with E-state index >= 15 is 0 Å². The first-order valence-corrected chi connectivity index (χ1v) is 6.19. The maximum Gasteiger partial charge on any atom is 0.122 e. The van der Waals surface area contributed by atoms with Crippen molar-refractivity contribution in [3.8, 4) is 5.75 Å². The van der Waals surface area contributed by atoms with Gasteiger partial charge in [-0.2, -0.15) is 0 Å². The molecule has 0 aliphatic heterocycles. The quantitative estimate of drug-likeness (QED) is 0.839. The third-order valence-corrected chi connectivity index (χ3v) is 3.45. The minimum atomic E-state index is 1.02. The number of likely N-dealkylation sites (N-methyl/N-ethyl adjacent to an activating group) is 1. The van der Waals surface area contributed by atoms with E-state index in [1.54, 1.807) is 12.7 Å². The summed E-state index contributed by atoms with van der Waals surface area (Å²) in [7, 11) is 3.77. The molecule has 0 spiro atoms. The Morgan fingerprint density at radius 1 is 1.25 bits per heavy atom. The lowest BCUT2D eigenvalue weighted by atomic mass is 9.87. The van der Waals surface area contributed by atoms with Gasteiger partial charge in [-0.15, -0.1) is 0 Å². The highest BCUT2D eigenvalue weighted by Crippen LogP contribution is 2.31. The van der Waals surface area contributed by atoms with E-state index in [9.17, 15) is 0 Å². The monoisotopic (exact) mass is 219 g/mol. The van der Waals surface area contributed by atoms with Crippen molar-refractivity contribution in [2.24, 2.45) is 0 Å². The Kier molecular flexibility index (Phi) is 3.83. The average molecular weight is 219 g/mol. The predicted molar refractivity (Wildman–Crippen MR) is 67.3 cm³/mol. The summed E-state index contributed by atoms with van der Waals surface area (Å²) in [5.74, 6) is 1.07. The molecule has 16 heavy (non-hydrogen) atoms. The van der Waals surface area contributed by atoms with Gasteiger partial charge < -0.3 is 10.1 Å². The van der Waals surface area contributed by atoms with Crippen LogP contribution in [0.25, 0.3) is 0 Å².